The molecule has 0 fully saturated rings. The Morgan fingerprint density at radius 2 is 1.50 bits per heavy atom. The molecule has 4 heteroatoms. The maximum atomic E-state index is 5.26. The molecule has 0 aliphatic rings. The third-order valence-electron chi connectivity index (χ3n) is 2.51. The van der Waals surface area contributed by atoms with Crippen LogP contribution in [0.5, 0.6) is 0 Å². The van der Waals surface area contributed by atoms with Crippen LogP contribution in [0.3, 0.4) is 0 Å². The number of hydrogen-bond donors (Lipinski definition) is 0. The second-order valence-electron chi connectivity index (χ2n) is 4.33. The van der Waals surface area contributed by atoms with Gasteiger partial charge in [0.15, 0.2) is 12.2 Å². The van der Waals surface area contributed by atoms with Crippen LogP contribution in [0.15, 0.2) is 0 Å². The molecule has 0 aromatic heterocycles. The molecule has 18 heavy (non-hydrogen) atoms. The maximum absolute atomic E-state index is 5.26. The van der Waals surface area contributed by atoms with E-state index >= 15 is 0 Å². The number of hydrogen-bond acceptors (Lipinski definition) is 4. The fraction of sp³-hybridized carbons (Fsp3) is 0.857. The van der Waals surface area contributed by atoms with E-state index < -0.39 is 0 Å². The molecule has 0 radical (unpaired) electrons. The summed E-state index contributed by atoms with van der Waals surface area (Å²) in [4.78, 5) is 20.3. The first-order chi connectivity index (χ1) is 8.63. The molecular formula is C14H26O4. The van der Waals surface area contributed by atoms with Crippen molar-refractivity contribution in [3.05, 3.63) is 0 Å². The van der Waals surface area contributed by atoms with Gasteiger partial charge in [-0.25, -0.2) is 9.78 Å². The Hall–Kier alpha value is -0.760. The van der Waals surface area contributed by atoms with Crippen LogP contribution in [-0.2, 0) is 19.6 Å². The molecule has 0 heterocycles. The van der Waals surface area contributed by atoms with Crippen LogP contribution in [0.4, 0.5) is 0 Å². The lowest BCUT2D eigenvalue weighted by Crippen LogP contribution is -2.16. The minimum Gasteiger partial charge on any atom is -0.282 e. The summed E-state index contributed by atoms with van der Waals surface area (Å²) in [5, 5.41) is 0. The molecule has 0 aromatic carbocycles. The summed E-state index contributed by atoms with van der Waals surface area (Å²) in [6.45, 7) is 10.0. The molecule has 0 saturated carbocycles. The highest BCUT2D eigenvalue weighted by Crippen LogP contribution is 2.05. The highest BCUT2D eigenvalue weighted by molar-refractivity contribution is 4.98. The standard InChI is InChI=1S/C14H26O4/c1-6-9-14(18-17-13(5)8-3)10-11-15-16-12(4)7-2/h12-14H,6-9H2,1-5H3. The second-order valence-corrected chi connectivity index (χ2v) is 4.33. The Morgan fingerprint density at radius 3 is 2.06 bits per heavy atom. The molecule has 3 unspecified atom stereocenters. The van der Waals surface area contributed by atoms with Crippen molar-refractivity contribution in [3.63, 3.8) is 0 Å². The van der Waals surface area contributed by atoms with E-state index in [2.05, 4.69) is 19.0 Å². The van der Waals surface area contributed by atoms with Crippen LogP contribution >= 0.6 is 0 Å². The van der Waals surface area contributed by atoms with Gasteiger partial charge in [-0.1, -0.05) is 27.2 Å². The van der Waals surface area contributed by atoms with E-state index in [0.29, 0.717) is 0 Å². The average Bonchev–Trinajstić information content (AvgIpc) is 2.39. The van der Waals surface area contributed by atoms with Crippen molar-refractivity contribution in [2.75, 3.05) is 0 Å². The van der Waals surface area contributed by atoms with E-state index in [0.717, 1.165) is 25.7 Å². The van der Waals surface area contributed by atoms with E-state index in [-0.39, 0.29) is 18.3 Å². The fourth-order valence-corrected chi connectivity index (χ4v) is 0.900. The van der Waals surface area contributed by atoms with Crippen molar-refractivity contribution >= 4 is 0 Å². The van der Waals surface area contributed by atoms with Gasteiger partial charge in [-0.15, -0.1) is 0 Å². The average molecular weight is 258 g/mol. The third kappa shape index (κ3) is 9.29. The summed E-state index contributed by atoms with van der Waals surface area (Å²) >= 11 is 0. The molecule has 0 aliphatic heterocycles. The first kappa shape index (κ1) is 17.2. The molecule has 0 amide bonds. The minimum absolute atomic E-state index is 0.0428. The third-order valence-corrected chi connectivity index (χ3v) is 2.51. The maximum Gasteiger partial charge on any atom is 0.160 e. The van der Waals surface area contributed by atoms with E-state index in [1.165, 1.54) is 0 Å². The Balaban J connectivity index is 3.98. The van der Waals surface area contributed by atoms with Gasteiger partial charge in [-0.2, -0.15) is 4.89 Å². The van der Waals surface area contributed by atoms with Crippen molar-refractivity contribution in [2.24, 2.45) is 0 Å². The van der Waals surface area contributed by atoms with E-state index in [1.54, 1.807) is 0 Å². The first-order valence-corrected chi connectivity index (χ1v) is 6.78. The Bertz CT molecular complexity index is 244. The minimum atomic E-state index is -0.274. The lowest BCUT2D eigenvalue weighted by atomic mass is 10.2. The van der Waals surface area contributed by atoms with Crippen molar-refractivity contribution in [2.45, 2.75) is 78.6 Å². The van der Waals surface area contributed by atoms with Gasteiger partial charge in [0.2, 0.25) is 0 Å². The summed E-state index contributed by atoms with van der Waals surface area (Å²) < 4.78 is 0. The summed E-state index contributed by atoms with van der Waals surface area (Å²) in [5.74, 6) is 2.84. The first-order valence-electron chi connectivity index (χ1n) is 6.78. The molecule has 4 nitrogen and oxygen atoms in total. The molecular weight excluding hydrogens is 232 g/mol. The lowest BCUT2D eigenvalue weighted by molar-refractivity contribution is -0.338. The quantitative estimate of drug-likeness (QED) is 0.359. The predicted octanol–water partition coefficient (Wildman–Crippen LogP) is 3.61. The summed E-state index contributed by atoms with van der Waals surface area (Å²) in [5.41, 5.74) is 0. The van der Waals surface area contributed by atoms with Crippen LogP contribution in [0.25, 0.3) is 0 Å². The topological polar surface area (TPSA) is 36.9 Å². The molecule has 0 saturated heterocycles. The Labute approximate surface area is 111 Å². The van der Waals surface area contributed by atoms with Gasteiger partial charge in [0.25, 0.3) is 0 Å². The van der Waals surface area contributed by atoms with Crippen LogP contribution in [0.2, 0.25) is 0 Å². The second kappa shape index (κ2) is 11.3. The largest absolute Gasteiger partial charge is 0.282 e. The smallest absolute Gasteiger partial charge is 0.160 e. The highest BCUT2D eigenvalue weighted by atomic mass is 17.2. The van der Waals surface area contributed by atoms with Gasteiger partial charge in [0.1, 0.15) is 6.10 Å². The molecule has 0 N–H and O–H groups in total. The van der Waals surface area contributed by atoms with Crippen LogP contribution in [0, 0.1) is 12.0 Å². The van der Waals surface area contributed by atoms with Crippen molar-refractivity contribution in [1.29, 1.82) is 0 Å². The van der Waals surface area contributed by atoms with Crippen LogP contribution in [0.1, 0.15) is 60.3 Å². The molecule has 0 aromatic rings. The monoisotopic (exact) mass is 258 g/mol. The van der Waals surface area contributed by atoms with E-state index in [9.17, 15) is 0 Å². The van der Waals surface area contributed by atoms with Gasteiger partial charge >= 0.3 is 0 Å². The molecule has 106 valence electrons. The zero-order valence-electron chi connectivity index (χ0n) is 12.2. The van der Waals surface area contributed by atoms with Gasteiger partial charge in [0.05, 0.1) is 6.10 Å². The molecule has 0 aliphatic carbocycles. The zero-order valence-corrected chi connectivity index (χ0v) is 12.2. The lowest BCUT2D eigenvalue weighted by Gasteiger charge is -2.13. The van der Waals surface area contributed by atoms with Crippen LogP contribution < -0.4 is 0 Å². The van der Waals surface area contributed by atoms with E-state index in [4.69, 9.17) is 19.6 Å². The summed E-state index contributed by atoms with van der Waals surface area (Å²) in [6, 6.07) is 0. The normalized spacial score (nSPS) is 15.4. The van der Waals surface area contributed by atoms with E-state index in [1.807, 2.05) is 27.7 Å². The van der Waals surface area contributed by atoms with Crippen molar-refractivity contribution in [1.82, 2.24) is 0 Å². The van der Waals surface area contributed by atoms with Gasteiger partial charge in [0, 0.05) is 0 Å². The van der Waals surface area contributed by atoms with Crippen molar-refractivity contribution < 1.29 is 19.6 Å². The van der Waals surface area contributed by atoms with Gasteiger partial charge < -0.3 is 0 Å². The summed E-state index contributed by atoms with van der Waals surface area (Å²) in [6.07, 6.45) is 5.90. The number of rotatable bonds is 9. The van der Waals surface area contributed by atoms with Crippen molar-refractivity contribution in [3.8, 4) is 12.0 Å². The predicted molar refractivity (Wildman–Crippen MR) is 70.3 cm³/mol. The summed E-state index contributed by atoms with van der Waals surface area (Å²) in [7, 11) is 0. The molecule has 0 bridgehead atoms. The zero-order chi connectivity index (χ0) is 13.8. The molecule has 0 rings (SSSR count). The highest BCUT2D eigenvalue weighted by Gasteiger charge is 2.08. The van der Waals surface area contributed by atoms with Gasteiger partial charge in [-0.05, 0) is 39.0 Å². The Morgan fingerprint density at radius 1 is 0.889 bits per heavy atom. The Kier molecular flexibility index (Phi) is 10.9. The fourth-order valence-electron chi connectivity index (χ4n) is 0.900. The SMILES string of the molecule is CCCC(C#COOC(C)CC)OOC(C)CC. The van der Waals surface area contributed by atoms with Gasteiger partial charge in [-0.3, -0.25) is 4.89 Å². The molecule has 3 atom stereocenters. The molecule has 0 spiro atoms. The van der Waals surface area contributed by atoms with Crippen LogP contribution in [-0.4, -0.2) is 18.3 Å².